The van der Waals surface area contributed by atoms with Crippen molar-refractivity contribution in [2.75, 3.05) is 18.8 Å². The van der Waals surface area contributed by atoms with E-state index in [-0.39, 0.29) is 22.6 Å². The fourth-order valence-electron chi connectivity index (χ4n) is 2.44. The lowest BCUT2D eigenvalue weighted by Crippen LogP contribution is -2.37. The summed E-state index contributed by atoms with van der Waals surface area (Å²) in [6.07, 6.45) is 0.739. The van der Waals surface area contributed by atoms with Crippen LogP contribution in [0.15, 0.2) is 29.2 Å². The Kier molecular flexibility index (Phi) is 4.63. The Labute approximate surface area is 123 Å². The number of halogens is 1. The second-order valence-electron chi connectivity index (χ2n) is 5.47. The summed E-state index contributed by atoms with van der Waals surface area (Å²) in [6.45, 7) is 2.63. The lowest BCUT2D eigenvalue weighted by atomic mass is 10.2. The van der Waals surface area contributed by atoms with Gasteiger partial charge in [0.1, 0.15) is 5.82 Å². The molecular weight excluding hydrogens is 295 g/mol. The summed E-state index contributed by atoms with van der Waals surface area (Å²) < 4.78 is 37.3. The van der Waals surface area contributed by atoms with E-state index in [9.17, 15) is 17.6 Å². The highest BCUT2D eigenvalue weighted by molar-refractivity contribution is 7.91. The third-order valence-electron chi connectivity index (χ3n) is 3.60. The zero-order valence-corrected chi connectivity index (χ0v) is 12.6. The molecule has 0 unspecified atom stereocenters. The van der Waals surface area contributed by atoms with Gasteiger partial charge in [0.05, 0.1) is 10.6 Å². The van der Waals surface area contributed by atoms with Crippen molar-refractivity contribution in [2.24, 2.45) is 11.7 Å². The summed E-state index contributed by atoms with van der Waals surface area (Å²) >= 11 is 0. The van der Waals surface area contributed by atoms with E-state index >= 15 is 0 Å². The molecule has 1 aromatic carbocycles. The lowest BCUT2D eigenvalue weighted by molar-refractivity contribution is -0.133. The highest BCUT2D eigenvalue weighted by atomic mass is 32.2. The molecule has 0 spiro atoms. The maximum Gasteiger partial charge on any atom is 0.226 e. The molecule has 2 N–H and O–H groups in total. The van der Waals surface area contributed by atoms with Gasteiger partial charge in [-0.2, -0.15) is 0 Å². The van der Waals surface area contributed by atoms with Crippen LogP contribution in [-0.2, 0) is 14.6 Å². The molecule has 1 aliphatic rings. The van der Waals surface area contributed by atoms with Crippen LogP contribution in [0.5, 0.6) is 0 Å². The molecule has 0 saturated carbocycles. The van der Waals surface area contributed by atoms with Crippen LogP contribution in [0.4, 0.5) is 4.39 Å². The molecule has 5 nitrogen and oxygen atoms in total. The number of hydrogen-bond acceptors (Lipinski definition) is 4. The Bertz CT molecular complexity index is 616. The van der Waals surface area contributed by atoms with Crippen molar-refractivity contribution in [3.63, 3.8) is 0 Å². The van der Waals surface area contributed by atoms with Crippen molar-refractivity contribution < 1.29 is 17.6 Å². The van der Waals surface area contributed by atoms with Gasteiger partial charge in [-0.15, -0.1) is 0 Å². The maximum atomic E-state index is 12.8. The number of likely N-dealkylation sites (tertiary alicyclic amines) is 1. The molecule has 1 saturated heterocycles. The van der Waals surface area contributed by atoms with Crippen molar-refractivity contribution in [2.45, 2.75) is 24.3 Å². The predicted molar refractivity (Wildman–Crippen MR) is 76.8 cm³/mol. The van der Waals surface area contributed by atoms with E-state index in [0.717, 1.165) is 18.6 Å². The molecular formula is C14H19FN2O3S. The first kappa shape index (κ1) is 15.9. The average Bonchev–Trinajstić information content (AvgIpc) is 2.84. The van der Waals surface area contributed by atoms with Gasteiger partial charge in [0, 0.05) is 25.0 Å². The number of benzene rings is 1. The fraction of sp³-hybridized carbons (Fsp3) is 0.500. The van der Waals surface area contributed by atoms with E-state index in [1.54, 1.807) is 11.8 Å². The van der Waals surface area contributed by atoms with Crippen LogP contribution in [-0.4, -0.2) is 44.1 Å². The molecule has 2 atom stereocenters. The van der Waals surface area contributed by atoms with Gasteiger partial charge in [-0.05, 0) is 30.7 Å². The molecule has 1 aliphatic heterocycles. The Balaban J connectivity index is 2.05. The summed E-state index contributed by atoms with van der Waals surface area (Å²) in [5.41, 5.74) is 5.75. The van der Waals surface area contributed by atoms with Crippen LogP contribution in [0.1, 0.15) is 13.3 Å². The highest BCUT2D eigenvalue weighted by Gasteiger charge is 2.30. The lowest BCUT2D eigenvalue weighted by Gasteiger charge is -2.20. The molecule has 116 valence electrons. The van der Waals surface area contributed by atoms with E-state index in [4.69, 9.17) is 5.73 Å². The first-order valence-electron chi connectivity index (χ1n) is 6.82. The van der Waals surface area contributed by atoms with E-state index in [1.807, 2.05) is 0 Å². The summed E-state index contributed by atoms with van der Waals surface area (Å²) in [5.74, 6) is -1.63. The van der Waals surface area contributed by atoms with Gasteiger partial charge in [0.25, 0.3) is 0 Å². The molecule has 7 heteroatoms. The van der Waals surface area contributed by atoms with E-state index in [2.05, 4.69) is 0 Å². The zero-order chi connectivity index (χ0) is 15.6. The minimum Gasteiger partial charge on any atom is -0.341 e. The second-order valence-corrected chi connectivity index (χ2v) is 7.50. The third-order valence-corrected chi connectivity index (χ3v) is 5.53. The van der Waals surface area contributed by atoms with Crippen LogP contribution in [0, 0.1) is 11.7 Å². The molecule has 0 aliphatic carbocycles. The molecule has 0 aromatic heterocycles. The largest absolute Gasteiger partial charge is 0.341 e. The van der Waals surface area contributed by atoms with Gasteiger partial charge in [-0.1, -0.05) is 6.92 Å². The van der Waals surface area contributed by atoms with Crippen molar-refractivity contribution in [1.82, 2.24) is 4.90 Å². The summed E-state index contributed by atoms with van der Waals surface area (Å²) in [6, 6.07) is 4.59. The first-order valence-corrected chi connectivity index (χ1v) is 8.47. The quantitative estimate of drug-likeness (QED) is 0.834. The minimum absolute atomic E-state index is 0.0293. The summed E-state index contributed by atoms with van der Waals surface area (Å²) in [7, 11) is -3.61. The van der Waals surface area contributed by atoms with Gasteiger partial charge in [0.15, 0.2) is 9.84 Å². The topological polar surface area (TPSA) is 80.5 Å². The van der Waals surface area contributed by atoms with Crippen LogP contribution < -0.4 is 5.73 Å². The van der Waals surface area contributed by atoms with E-state index < -0.39 is 21.6 Å². The van der Waals surface area contributed by atoms with Crippen LogP contribution in [0.2, 0.25) is 0 Å². The second kappa shape index (κ2) is 6.11. The number of sulfone groups is 1. The van der Waals surface area contributed by atoms with Gasteiger partial charge in [-0.3, -0.25) is 4.79 Å². The van der Waals surface area contributed by atoms with Gasteiger partial charge < -0.3 is 10.6 Å². The molecule has 1 aromatic rings. The fourth-order valence-corrected chi connectivity index (χ4v) is 3.98. The molecule has 1 heterocycles. The van der Waals surface area contributed by atoms with Crippen molar-refractivity contribution in [3.05, 3.63) is 30.1 Å². The number of nitrogens with two attached hydrogens (primary N) is 1. The maximum absolute atomic E-state index is 12.8. The monoisotopic (exact) mass is 314 g/mol. The molecule has 1 fully saturated rings. The standard InChI is InChI=1S/C14H19FN2O3S/c1-10(14(18)17-7-6-12(16)8-17)9-21(19,20)13-4-2-11(15)3-5-13/h2-5,10,12H,6-9,16H2,1H3/t10-,12+/m0/s1. The molecule has 21 heavy (non-hydrogen) atoms. The Morgan fingerprint density at radius 1 is 1.43 bits per heavy atom. The van der Waals surface area contributed by atoms with Crippen LogP contribution >= 0.6 is 0 Å². The van der Waals surface area contributed by atoms with Crippen LogP contribution in [0.3, 0.4) is 0 Å². The average molecular weight is 314 g/mol. The van der Waals surface area contributed by atoms with Gasteiger partial charge >= 0.3 is 0 Å². The zero-order valence-electron chi connectivity index (χ0n) is 11.8. The minimum atomic E-state index is -3.61. The summed E-state index contributed by atoms with van der Waals surface area (Å²) in [4.78, 5) is 13.8. The van der Waals surface area contributed by atoms with E-state index in [0.29, 0.717) is 13.1 Å². The van der Waals surface area contributed by atoms with Gasteiger partial charge in [-0.25, -0.2) is 12.8 Å². The first-order chi connectivity index (χ1) is 9.79. The molecule has 2 rings (SSSR count). The van der Waals surface area contributed by atoms with Gasteiger partial charge in [0.2, 0.25) is 5.91 Å². The Morgan fingerprint density at radius 2 is 2.05 bits per heavy atom. The number of nitrogens with zero attached hydrogens (tertiary/aromatic N) is 1. The number of rotatable bonds is 4. The number of hydrogen-bond donors (Lipinski definition) is 1. The summed E-state index contributed by atoms with van der Waals surface area (Å²) in [5, 5.41) is 0. The molecule has 0 bridgehead atoms. The SMILES string of the molecule is C[C@@H](CS(=O)(=O)c1ccc(F)cc1)C(=O)N1CC[C@@H](N)C1. The number of amides is 1. The third kappa shape index (κ3) is 3.79. The van der Waals surface area contributed by atoms with Crippen molar-refractivity contribution in [3.8, 4) is 0 Å². The predicted octanol–water partition coefficient (Wildman–Crippen LogP) is 0.795. The normalized spacial score (nSPS) is 20.5. The number of carbonyl (C=O) groups is 1. The Morgan fingerprint density at radius 3 is 2.57 bits per heavy atom. The van der Waals surface area contributed by atoms with E-state index in [1.165, 1.54) is 12.1 Å². The molecule has 1 amide bonds. The van der Waals surface area contributed by atoms with Crippen molar-refractivity contribution >= 4 is 15.7 Å². The van der Waals surface area contributed by atoms with Crippen LogP contribution in [0.25, 0.3) is 0 Å². The Hall–Kier alpha value is -1.47. The number of carbonyl (C=O) groups excluding carboxylic acids is 1. The highest BCUT2D eigenvalue weighted by Crippen LogP contribution is 2.18. The smallest absolute Gasteiger partial charge is 0.226 e. The van der Waals surface area contributed by atoms with Crippen molar-refractivity contribution in [1.29, 1.82) is 0 Å². The molecule has 0 radical (unpaired) electrons.